The standard InChI is InChI=1S/C18H18Cl2N2O2/c1-10(2)21-18(24)16-13(5-4-6-14(16)20)17(23)22-15-8-7-12(19)9-11(15)3/h4-10H,1-3H3,(H,21,24)(H,22,23). The Morgan fingerprint density at radius 2 is 1.75 bits per heavy atom. The minimum Gasteiger partial charge on any atom is -0.350 e. The van der Waals surface area contributed by atoms with Crippen LogP contribution >= 0.6 is 23.2 Å². The van der Waals surface area contributed by atoms with Gasteiger partial charge in [-0.2, -0.15) is 0 Å². The van der Waals surface area contributed by atoms with E-state index in [1.54, 1.807) is 36.4 Å². The van der Waals surface area contributed by atoms with Gasteiger partial charge < -0.3 is 10.6 Å². The average Bonchev–Trinajstić information content (AvgIpc) is 2.48. The van der Waals surface area contributed by atoms with Crippen LogP contribution < -0.4 is 10.6 Å². The molecule has 0 saturated heterocycles. The number of rotatable bonds is 4. The highest BCUT2D eigenvalue weighted by atomic mass is 35.5. The van der Waals surface area contributed by atoms with Crippen LogP contribution in [0.1, 0.15) is 40.1 Å². The summed E-state index contributed by atoms with van der Waals surface area (Å²) < 4.78 is 0. The molecule has 0 aliphatic heterocycles. The van der Waals surface area contributed by atoms with Crippen LogP contribution in [-0.2, 0) is 0 Å². The van der Waals surface area contributed by atoms with Crippen molar-refractivity contribution in [1.29, 1.82) is 0 Å². The quantitative estimate of drug-likeness (QED) is 0.826. The fraction of sp³-hybridized carbons (Fsp3) is 0.222. The van der Waals surface area contributed by atoms with E-state index >= 15 is 0 Å². The van der Waals surface area contributed by atoms with Crippen LogP contribution in [0.5, 0.6) is 0 Å². The topological polar surface area (TPSA) is 58.2 Å². The number of anilines is 1. The SMILES string of the molecule is Cc1cc(Cl)ccc1NC(=O)c1cccc(Cl)c1C(=O)NC(C)C. The lowest BCUT2D eigenvalue weighted by atomic mass is 10.0. The second-order valence-electron chi connectivity index (χ2n) is 5.70. The van der Waals surface area contributed by atoms with Gasteiger partial charge in [0.1, 0.15) is 0 Å². The van der Waals surface area contributed by atoms with E-state index in [1.165, 1.54) is 0 Å². The van der Waals surface area contributed by atoms with Gasteiger partial charge >= 0.3 is 0 Å². The van der Waals surface area contributed by atoms with Crippen molar-refractivity contribution in [3.63, 3.8) is 0 Å². The van der Waals surface area contributed by atoms with Crippen molar-refractivity contribution < 1.29 is 9.59 Å². The third kappa shape index (κ3) is 4.28. The Kier molecular flexibility index (Phi) is 5.86. The molecule has 2 aromatic carbocycles. The zero-order valence-electron chi connectivity index (χ0n) is 13.6. The molecule has 0 unspecified atom stereocenters. The van der Waals surface area contributed by atoms with E-state index < -0.39 is 5.91 Å². The van der Waals surface area contributed by atoms with Gasteiger partial charge in [0.2, 0.25) is 0 Å². The maximum Gasteiger partial charge on any atom is 0.256 e. The van der Waals surface area contributed by atoms with Gasteiger partial charge in [0.15, 0.2) is 0 Å². The maximum absolute atomic E-state index is 12.6. The Morgan fingerprint density at radius 1 is 1.04 bits per heavy atom. The number of hydrogen-bond acceptors (Lipinski definition) is 2. The maximum atomic E-state index is 12.6. The molecule has 2 rings (SSSR count). The van der Waals surface area contributed by atoms with Crippen LogP contribution in [0.15, 0.2) is 36.4 Å². The van der Waals surface area contributed by atoms with Crippen LogP contribution in [0.4, 0.5) is 5.69 Å². The fourth-order valence-corrected chi connectivity index (χ4v) is 2.72. The molecule has 126 valence electrons. The second kappa shape index (κ2) is 7.69. The molecular formula is C18H18Cl2N2O2. The van der Waals surface area contributed by atoms with Gasteiger partial charge in [0.25, 0.3) is 11.8 Å². The number of benzene rings is 2. The predicted octanol–water partition coefficient (Wildman–Crippen LogP) is 4.69. The first-order chi connectivity index (χ1) is 11.3. The summed E-state index contributed by atoms with van der Waals surface area (Å²) in [6, 6.07) is 9.88. The van der Waals surface area contributed by atoms with E-state index in [9.17, 15) is 9.59 Å². The summed E-state index contributed by atoms with van der Waals surface area (Å²) in [7, 11) is 0. The van der Waals surface area contributed by atoms with E-state index in [1.807, 2.05) is 20.8 Å². The predicted molar refractivity (Wildman–Crippen MR) is 98.2 cm³/mol. The van der Waals surface area contributed by atoms with Gasteiger partial charge in [-0.25, -0.2) is 0 Å². The Hall–Kier alpha value is -2.04. The number of carbonyl (C=O) groups is 2. The summed E-state index contributed by atoms with van der Waals surface area (Å²) in [5.74, 6) is -0.787. The van der Waals surface area contributed by atoms with Crippen LogP contribution in [-0.4, -0.2) is 17.9 Å². The van der Waals surface area contributed by atoms with Crippen LogP contribution in [0.25, 0.3) is 0 Å². The second-order valence-corrected chi connectivity index (χ2v) is 6.55. The van der Waals surface area contributed by atoms with Gasteiger partial charge in [-0.05, 0) is 56.7 Å². The zero-order valence-corrected chi connectivity index (χ0v) is 15.1. The van der Waals surface area contributed by atoms with E-state index in [4.69, 9.17) is 23.2 Å². The van der Waals surface area contributed by atoms with Gasteiger partial charge in [0.05, 0.1) is 16.1 Å². The lowest BCUT2D eigenvalue weighted by molar-refractivity contribution is 0.0931. The summed E-state index contributed by atoms with van der Waals surface area (Å²) in [6.07, 6.45) is 0. The Labute approximate surface area is 151 Å². The van der Waals surface area contributed by atoms with Crippen molar-refractivity contribution in [2.45, 2.75) is 26.8 Å². The largest absolute Gasteiger partial charge is 0.350 e. The van der Waals surface area contributed by atoms with E-state index in [0.717, 1.165) is 5.56 Å². The Balaban J connectivity index is 2.35. The number of aryl methyl sites for hydroxylation is 1. The molecule has 0 aliphatic carbocycles. The monoisotopic (exact) mass is 364 g/mol. The van der Waals surface area contributed by atoms with Crippen molar-refractivity contribution >= 4 is 40.7 Å². The van der Waals surface area contributed by atoms with Crippen molar-refractivity contribution in [1.82, 2.24) is 5.32 Å². The summed E-state index contributed by atoms with van der Waals surface area (Å²) >= 11 is 12.1. The van der Waals surface area contributed by atoms with Crippen molar-refractivity contribution in [2.24, 2.45) is 0 Å². The van der Waals surface area contributed by atoms with Crippen LogP contribution in [0.3, 0.4) is 0 Å². The minimum absolute atomic E-state index is 0.0665. The summed E-state index contributed by atoms with van der Waals surface area (Å²) in [6.45, 7) is 5.52. The fourth-order valence-electron chi connectivity index (χ4n) is 2.24. The molecular weight excluding hydrogens is 347 g/mol. The van der Waals surface area contributed by atoms with E-state index in [2.05, 4.69) is 10.6 Å². The highest BCUT2D eigenvalue weighted by molar-refractivity contribution is 6.35. The molecule has 6 heteroatoms. The van der Waals surface area contributed by atoms with Crippen molar-refractivity contribution in [3.8, 4) is 0 Å². The highest BCUT2D eigenvalue weighted by Gasteiger charge is 2.21. The smallest absolute Gasteiger partial charge is 0.256 e. The number of hydrogen-bond donors (Lipinski definition) is 2. The number of amides is 2. The van der Waals surface area contributed by atoms with Gasteiger partial charge in [-0.15, -0.1) is 0 Å². The molecule has 2 amide bonds. The molecule has 0 heterocycles. The number of nitrogens with one attached hydrogen (secondary N) is 2. The summed E-state index contributed by atoms with van der Waals surface area (Å²) in [5.41, 5.74) is 1.83. The first-order valence-electron chi connectivity index (χ1n) is 7.46. The molecule has 0 aliphatic rings. The van der Waals surface area contributed by atoms with Crippen molar-refractivity contribution in [2.75, 3.05) is 5.32 Å². The van der Waals surface area contributed by atoms with Crippen molar-refractivity contribution in [3.05, 3.63) is 63.1 Å². The normalized spacial score (nSPS) is 10.6. The van der Waals surface area contributed by atoms with Crippen LogP contribution in [0.2, 0.25) is 10.0 Å². The molecule has 0 radical (unpaired) electrons. The van der Waals surface area contributed by atoms with Gasteiger partial charge in [0, 0.05) is 16.8 Å². The van der Waals surface area contributed by atoms with Gasteiger partial charge in [-0.1, -0.05) is 29.3 Å². The van der Waals surface area contributed by atoms with Crippen LogP contribution in [0, 0.1) is 6.92 Å². The lowest BCUT2D eigenvalue weighted by Crippen LogP contribution is -2.32. The first-order valence-corrected chi connectivity index (χ1v) is 8.22. The lowest BCUT2D eigenvalue weighted by Gasteiger charge is -2.14. The van der Waals surface area contributed by atoms with Gasteiger partial charge in [-0.3, -0.25) is 9.59 Å². The summed E-state index contributed by atoms with van der Waals surface area (Å²) in [5, 5.41) is 6.37. The minimum atomic E-state index is -0.406. The summed E-state index contributed by atoms with van der Waals surface area (Å²) in [4.78, 5) is 25.0. The molecule has 4 nitrogen and oxygen atoms in total. The third-order valence-electron chi connectivity index (χ3n) is 3.34. The number of carbonyl (C=O) groups excluding carboxylic acids is 2. The first kappa shape index (κ1) is 18.3. The molecule has 0 fully saturated rings. The molecule has 0 atom stereocenters. The van der Waals surface area contributed by atoms with E-state index in [0.29, 0.717) is 10.7 Å². The molecule has 0 saturated carbocycles. The molecule has 0 spiro atoms. The number of halogens is 2. The molecule has 24 heavy (non-hydrogen) atoms. The highest BCUT2D eigenvalue weighted by Crippen LogP contribution is 2.24. The van der Waals surface area contributed by atoms with E-state index in [-0.39, 0.29) is 28.1 Å². The Bertz CT molecular complexity index is 789. The Morgan fingerprint density at radius 3 is 2.38 bits per heavy atom. The molecule has 0 bridgehead atoms. The zero-order chi connectivity index (χ0) is 17.9. The third-order valence-corrected chi connectivity index (χ3v) is 3.89. The average molecular weight is 365 g/mol. The molecule has 2 aromatic rings. The molecule has 2 N–H and O–H groups in total. The molecule has 0 aromatic heterocycles.